The molecule has 26 N–H and O–H groups in total. The average molecular weight is 1250 g/mol. The summed E-state index contributed by atoms with van der Waals surface area (Å²) in [6, 6.07) is 6.31. The number of amides is 12. The molecule has 0 fully saturated rings. The molecule has 0 unspecified atom stereocenters. The summed E-state index contributed by atoms with van der Waals surface area (Å²) >= 11 is 0. The van der Waals surface area contributed by atoms with Crippen LogP contribution in [0.5, 0.6) is 0 Å². The van der Waals surface area contributed by atoms with Gasteiger partial charge in [0.1, 0.15) is 48.3 Å². The molecule has 89 heavy (non-hydrogen) atoms. The molecule has 2 aromatic rings. The minimum atomic E-state index is -1.70. The number of carbonyl (C=O) groups excluding carboxylic acids is 12. The summed E-state index contributed by atoms with van der Waals surface area (Å²) in [6.45, 7) is 1.55. The second-order valence-electron chi connectivity index (χ2n) is 20.4. The zero-order valence-electron chi connectivity index (χ0n) is 50.1. The summed E-state index contributed by atoms with van der Waals surface area (Å²) in [5.74, 6) is -10.9. The maximum absolute atomic E-state index is 14.0. The molecule has 0 aliphatic carbocycles. The first-order valence-electron chi connectivity index (χ1n) is 28.6. The van der Waals surface area contributed by atoms with E-state index in [1.54, 1.807) is 30.3 Å². The van der Waals surface area contributed by atoms with Gasteiger partial charge in [0, 0.05) is 26.1 Å². The van der Waals surface area contributed by atoms with Crippen LogP contribution < -0.4 is 98.2 Å². The lowest BCUT2D eigenvalue weighted by molar-refractivity contribution is -0.136. The fraction of sp³-hybridized carbons (Fsp3) is 0.527. The van der Waals surface area contributed by atoms with Crippen molar-refractivity contribution in [2.45, 2.75) is 133 Å². The van der Waals surface area contributed by atoms with Crippen LogP contribution in [0.4, 0.5) is 0 Å². The van der Waals surface area contributed by atoms with Crippen LogP contribution >= 0.6 is 0 Å². The number of hydrogen-bond donors (Lipinski definition) is 20. The number of carbonyl (C=O) groups is 12. The largest absolute Gasteiger partial charge is 0.394 e. The van der Waals surface area contributed by atoms with Crippen molar-refractivity contribution in [2.24, 2.45) is 44.4 Å². The van der Waals surface area contributed by atoms with Gasteiger partial charge in [-0.25, -0.2) is 0 Å². The first-order chi connectivity index (χ1) is 42.2. The molecule has 2 rings (SSSR count). The molecule has 2 aromatic carbocycles. The Hall–Kier alpha value is -9.54. The topological polar surface area (TPSA) is 570 Å². The van der Waals surface area contributed by atoms with Crippen LogP contribution in [-0.4, -0.2) is 200 Å². The minimum absolute atomic E-state index is 0.00497. The minimum Gasteiger partial charge on any atom is -0.394 e. The summed E-state index contributed by atoms with van der Waals surface area (Å²) in [4.78, 5) is 166. The Morgan fingerprint density at radius 3 is 1.42 bits per heavy atom. The van der Waals surface area contributed by atoms with Gasteiger partial charge in [-0.1, -0.05) is 60.7 Å². The number of guanidine groups is 2. The van der Waals surface area contributed by atoms with Gasteiger partial charge in [0.05, 0.1) is 38.9 Å². The molecule has 0 aromatic heterocycles. The molecule has 0 bridgehead atoms. The normalized spacial score (nSPS) is 13.8. The van der Waals surface area contributed by atoms with Gasteiger partial charge in [-0.05, 0) is 83.4 Å². The van der Waals surface area contributed by atoms with Crippen LogP contribution in [0.3, 0.4) is 0 Å². The van der Waals surface area contributed by atoms with Gasteiger partial charge in [-0.2, -0.15) is 0 Å². The highest BCUT2D eigenvalue weighted by molar-refractivity contribution is 5.98. The van der Waals surface area contributed by atoms with E-state index in [1.165, 1.54) is 20.8 Å². The van der Waals surface area contributed by atoms with E-state index in [-0.39, 0.29) is 83.0 Å². The zero-order chi connectivity index (χ0) is 66.4. The highest BCUT2D eigenvalue weighted by atomic mass is 16.3. The Morgan fingerprint density at radius 1 is 0.449 bits per heavy atom. The molecule has 9 atom stereocenters. The average Bonchev–Trinajstić information content (AvgIpc) is 2.79. The summed E-state index contributed by atoms with van der Waals surface area (Å²) < 4.78 is 0. The van der Waals surface area contributed by atoms with Crippen molar-refractivity contribution in [2.75, 3.05) is 52.4 Å². The van der Waals surface area contributed by atoms with Crippen molar-refractivity contribution in [3.63, 3.8) is 0 Å². The molecular formula is C55H88N20O14. The number of nitrogens with one attached hydrogen (secondary N) is 12. The number of nitrogens with zero attached hydrogens (tertiary/aromatic N) is 2. The molecule has 0 heterocycles. The lowest BCUT2D eigenvalue weighted by Gasteiger charge is -2.26. The SMILES string of the molecule is C[C@H](NC(=O)CNC(=O)[C@@H](NC(=O)[C@H](Cc1ccccc1)NC(=O)CNC(=O)CNC(=O)CNCc1ccccc1)[C@@H](C)O)C(=O)N[C@@H](CCCN=C(N)N)C(=O)N[C@@H](CCCCN)C(=O)N[C@@H](CO)C(=O)N[C@@H](C)C(=O)N[C@@H](CCCN=C(N)N)C(N)=O. The van der Waals surface area contributed by atoms with Crippen molar-refractivity contribution in [1.82, 2.24) is 63.8 Å². The van der Waals surface area contributed by atoms with Crippen LogP contribution in [0, 0.1) is 0 Å². The molecule has 0 spiro atoms. The first-order valence-corrected chi connectivity index (χ1v) is 28.6. The quantitative estimate of drug-likeness (QED) is 0.0167. The second kappa shape index (κ2) is 41.5. The van der Waals surface area contributed by atoms with Gasteiger partial charge < -0.3 is 108 Å². The Labute approximate surface area is 514 Å². The molecular weight excluding hydrogens is 1160 g/mol. The van der Waals surface area contributed by atoms with Crippen LogP contribution in [-0.2, 0) is 70.5 Å². The summed E-state index contributed by atoms with van der Waals surface area (Å²) in [7, 11) is 0. The number of primary amides is 1. The number of hydrogen-bond acceptors (Lipinski definition) is 18. The molecule has 0 saturated heterocycles. The first kappa shape index (κ1) is 75.6. The van der Waals surface area contributed by atoms with Gasteiger partial charge >= 0.3 is 0 Å². The Balaban J connectivity index is 2.11. The molecule has 492 valence electrons. The van der Waals surface area contributed by atoms with Gasteiger partial charge in [0.2, 0.25) is 70.9 Å². The molecule has 34 nitrogen and oxygen atoms in total. The Morgan fingerprint density at radius 2 is 0.888 bits per heavy atom. The van der Waals surface area contributed by atoms with E-state index >= 15 is 0 Å². The molecule has 0 radical (unpaired) electrons. The van der Waals surface area contributed by atoms with E-state index in [2.05, 4.69) is 73.8 Å². The lowest BCUT2D eigenvalue weighted by atomic mass is 10.0. The van der Waals surface area contributed by atoms with E-state index in [9.17, 15) is 67.7 Å². The molecule has 0 aliphatic heterocycles. The zero-order valence-corrected chi connectivity index (χ0v) is 50.1. The predicted molar refractivity (Wildman–Crippen MR) is 325 cm³/mol. The fourth-order valence-corrected chi connectivity index (χ4v) is 8.03. The maximum Gasteiger partial charge on any atom is 0.245 e. The second-order valence-corrected chi connectivity index (χ2v) is 20.4. The molecule has 0 saturated carbocycles. The standard InChI is InChI=1S/C55H88N20O14/c1-31(68-43(80)29-67-53(89)45(33(3)77)75-51(87)39(24-34-14-6-4-7-15-34)70-44(81)28-66-42(79)27-65-41(78)26-62-25-35-16-8-5-9-17-35)47(83)72-38(20-13-23-64-55(60)61)49(85)73-37(18-10-11-21-56)50(86)74-40(30-76)52(88)69-32(2)48(84)71-36(46(57)82)19-12-22-63-54(58)59/h4-9,14-17,31-33,36-40,45,62,76-77H,10-13,18-30,56H2,1-3H3,(H2,57,82)(H,65,78)(H,66,79)(H,67,89)(H,68,80)(H,69,88)(H,70,81)(H,71,84)(H,72,83)(H,73,85)(H,74,86)(H,75,87)(H4,58,59,63)(H4,60,61,64)/t31-,32-,33+,36-,37-,38-,39-,40-,45-/m0/s1. The number of rotatable bonds is 42. The predicted octanol–water partition coefficient (Wildman–Crippen LogP) is -8.62. The molecule has 0 aliphatic rings. The number of aliphatic imine (C=N–C) groups is 2. The Bertz CT molecular complexity index is 2720. The van der Waals surface area contributed by atoms with E-state index in [0.717, 1.165) is 5.56 Å². The van der Waals surface area contributed by atoms with Gasteiger partial charge in [-0.15, -0.1) is 0 Å². The number of aliphatic hydroxyl groups is 2. The van der Waals surface area contributed by atoms with Crippen molar-refractivity contribution >= 4 is 82.8 Å². The van der Waals surface area contributed by atoms with E-state index < -0.39 is 152 Å². The van der Waals surface area contributed by atoms with Gasteiger partial charge in [-0.3, -0.25) is 67.5 Å². The maximum atomic E-state index is 14.0. The van der Waals surface area contributed by atoms with Crippen LogP contribution in [0.15, 0.2) is 70.6 Å². The van der Waals surface area contributed by atoms with Crippen LogP contribution in [0.2, 0.25) is 0 Å². The van der Waals surface area contributed by atoms with Crippen molar-refractivity contribution in [3.05, 3.63) is 71.8 Å². The number of benzene rings is 2. The Kier molecular flexibility index (Phi) is 35.3. The monoisotopic (exact) mass is 1250 g/mol. The number of aliphatic hydroxyl groups excluding tert-OH is 2. The van der Waals surface area contributed by atoms with Crippen molar-refractivity contribution in [3.8, 4) is 0 Å². The highest BCUT2D eigenvalue weighted by Crippen LogP contribution is 2.08. The van der Waals surface area contributed by atoms with Crippen molar-refractivity contribution < 1.29 is 67.7 Å². The van der Waals surface area contributed by atoms with E-state index in [1.807, 2.05) is 30.3 Å². The lowest BCUT2D eigenvalue weighted by Crippen LogP contribution is -2.60. The summed E-state index contributed by atoms with van der Waals surface area (Å²) in [6.07, 6.45) is -0.784. The van der Waals surface area contributed by atoms with Gasteiger partial charge in [0.15, 0.2) is 11.9 Å². The van der Waals surface area contributed by atoms with Crippen LogP contribution in [0.1, 0.15) is 76.8 Å². The summed E-state index contributed by atoms with van der Waals surface area (Å²) in [5, 5.41) is 50.2. The molecule has 12 amide bonds. The van der Waals surface area contributed by atoms with E-state index in [4.69, 9.17) is 34.4 Å². The third kappa shape index (κ3) is 31.6. The highest BCUT2D eigenvalue weighted by Gasteiger charge is 2.34. The van der Waals surface area contributed by atoms with Gasteiger partial charge in [0.25, 0.3) is 0 Å². The third-order valence-electron chi connectivity index (χ3n) is 12.9. The van der Waals surface area contributed by atoms with Crippen LogP contribution in [0.25, 0.3) is 0 Å². The summed E-state index contributed by atoms with van der Waals surface area (Å²) in [5.41, 5.74) is 34.2. The number of unbranched alkanes of at least 4 members (excludes halogenated alkanes) is 1. The van der Waals surface area contributed by atoms with Crippen molar-refractivity contribution in [1.29, 1.82) is 0 Å². The fourth-order valence-electron chi connectivity index (χ4n) is 8.03. The number of nitrogens with two attached hydrogens (primary N) is 6. The van der Waals surface area contributed by atoms with E-state index in [0.29, 0.717) is 18.5 Å². The smallest absolute Gasteiger partial charge is 0.245 e. The molecule has 34 heteroatoms. The third-order valence-corrected chi connectivity index (χ3v) is 12.9.